The summed E-state index contributed by atoms with van der Waals surface area (Å²) in [6.45, 7) is 1.50. The number of anilines is 2. The van der Waals surface area contributed by atoms with Gasteiger partial charge in [-0.2, -0.15) is 5.26 Å². The number of nitrogen functional groups attached to an aromatic ring is 1. The first-order valence-corrected chi connectivity index (χ1v) is 8.12. The smallest absolute Gasteiger partial charge is 0.144 e. The second kappa shape index (κ2) is 6.95. The van der Waals surface area contributed by atoms with Crippen LogP contribution in [0.1, 0.15) is 18.4 Å². The monoisotopic (exact) mass is 343 g/mol. The number of piperidine rings is 1. The highest BCUT2D eigenvalue weighted by Gasteiger charge is 2.24. The maximum Gasteiger partial charge on any atom is 0.144 e. The molecular formula is C17H18ClN5O. The van der Waals surface area contributed by atoms with E-state index in [4.69, 9.17) is 17.5 Å². The van der Waals surface area contributed by atoms with Gasteiger partial charge in [-0.05, 0) is 42.8 Å². The number of phenolic OH excluding ortho intramolecular Hbond substituents is 1. The van der Waals surface area contributed by atoms with Crippen LogP contribution >= 0.6 is 11.8 Å². The van der Waals surface area contributed by atoms with Gasteiger partial charge in [0, 0.05) is 24.7 Å². The molecule has 0 spiro atoms. The molecule has 0 aliphatic carbocycles. The molecule has 0 radical (unpaired) electrons. The third-order valence-corrected chi connectivity index (χ3v) is 4.54. The third kappa shape index (κ3) is 3.09. The molecule has 1 aromatic carbocycles. The van der Waals surface area contributed by atoms with Crippen molar-refractivity contribution in [2.75, 3.05) is 23.7 Å². The van der Waals surface area contributed by atoms with Crippen molar-refractivity contribution >= 4 is 23.3 Å². The number of nitrogens with one attached hydrogen (secondary N) is 1. The number of hydrogen-bond donors (Lipinski definition) is 3. The Morgan fingerprint density at radius 1 is 1.42 bits per heavy atom. The van der Waals surface area contributed by atoms with Crippen molar-refractivity contribution in [1.82, 2.24) is 9.82 Å². The zero-order valence-electron chi connectivity index (χ0n) is 13.0. The van der Waals surface area contributed by atoms with Crippen LogP contribution in [0.4, 0.5) is 11.5 Å². The molecule has 1 unspecified atom stereocenters. The lowest BCUT2D eigenvalue weighted by Crippen LogP contribution is -2.43. The Hall–Kier alpha value is -2.49. The third-order valence-electron chi connectivity index (χ3n) is 4.23. The maximum absolute atomic E-state index is 10.1. The van der Waals surface area contributed by atoms with Crippen LogP contribution in [0.25, 0.3) is 11.3 Å². The first-order chi connectivity index (χ1) is 11.6. The van der Waals surface area contributed by atoms with Gasteiger partial charge in [0.25, 0.3) is 0 Å². The van der Waals surface area contributed by atoms with E-state index in [1.165, 1.54) is 0 Å². The Kier molecular flexibility index (Phi) is 4.74. The number of nitrogens with two attached hydrogens (primary N) is 1. The number of hydrogen-bond acceptors (Lipinski definition) is 6. The molecule has 0 bridgehead atoms. The average molecular weight is 344 g/mol. The van der Waals surface area contributed by atoms with Gasteiger partial charge in [-0.3, -0.25) is 0 Å². The number of aromatic hydroxyl groups is 1. The van der Waals surface area contributed by atoms with Crippen molar-refractivity contribution in [3.63, 3.8) is 0 Å². The molecule has 3 rings (SSSR count). The van der Waals surface area contributed by atoms with Crippen molar-refractivity contribution in [2.24, 2.45) is 0 Å². The summed E-state index contributed by atoms with van der Waals surface area (Å²) in [5.41, 5.74) is 8.21. The summed E-state index contributed by atoms with van der Waals surface area (Å²) in [6.07, 6.45) is 1.94. The van der Waals surface area contributed by atoms with E-state index in [1.807, 2.05) is 6.07 Å². The van der Waals surface area contributed by atoms with Crippen LogP contribution < -0.4 is 15.5 Å². The van der Waals surface area contributed by atoms with Gasteiger partial charge < -0.3 is 15.7 Å². The number of aromatic nitrogens is 1. The van der Waals surface area contributed by atoms with Crippen molar-refractivity contribution in [3.05, 3.63) is 35.9 Å². The van der Waals surface area contributed by atoms with Gasteiger partial charge in [-0.25, -0.2) is 9.82 Å². The van der Waals surface area contributed by atoms with Crippen LogP contribution in [0.15, 0.2) is 30.3 Å². The van der Waals surface area contributed by atoms with Gasteiger partial charge in [0.05, 0.1) is 11.4 Å². The number of pyridine rings is 1. The second-order valence-electron chi connectivity index (χ2n) is 5.81. The zero-order chi connectivity index (χ0) is 17.1. The minimum absolute atomic E-state index is 0.124. The molecule has 0 amide bonds. The minimum Gasteiger partial charge on any atom is -0.507 e. The number of nitrogens with zero attached hydrogens (tertiary/aromatic N) is 3. The summed E-state index contributed by atoms with van der Waals surface area (Å²) in [4.78, 5) is 9.16. The van der Waals surface area contributed by atoms with Crippen molar-refractivity contribution in [3.8, 4) is 23.1 Å². The molecule has 124 valence electrons. The predicted molar refractivity (Wildman–Crippen MR) is 94.7 cm³/mol. The van der Waals surface area contributed by atoms with Crippen molar-refractivity contribution in [2.45, 2.75) is 18.9 Å². The number of halogens is 1. The van der Waals surface area contributed by atoms with E-state index in [1.54, 1.807) is 24.3 Å². The molecule has 1 fully saturated rings. The van der Waals surface area contributed by atoms with Crippen molar-refractivity contribution < 1.29 is 5.11 Å². The Balaban J connectivity index is 2.08. The molecule has 1 aliphatic rings. The molecule has 4 N–H and O–H groups in total. The minimum atomic E-state index is 0.124. The molecule has 1 saturated heterocycles. The molecule has 6 nitrogen and oxygen atoms in total. The van der Waals surface area contributed by atoms with Crippen LogP contribution in [0, 0.1) is 11.3 Å². The molecule has 2 heterocycles. The highest BCUT2D eigenvalue weighted by molar-refractivity contribution is 6.13. The Morgan fingerprint density at radius 3 is 2.92 bits per heavy atom. The van der Waals surface area contributed by atoms with Gasteiger partial charge in [0.1, 0.15) is 23.2 Å². The van der Waals surface area contributed by atoms with Crippen LogP contribution in [-0.2, 0) is 0 Å². The number of phenols is 1. The molecule has 24 heavy (non-hydrogen) atoms. The highest BCUT2D eigenvalue weighted by Crippen LogP contribution is 2.34. The van der Waals surface area contributed by atoms with E-state index in [-0.39, 0.29) is 17.6 Å². The predicted octanol–water partition coefficient (Wildman–Crippen LogP) is 2.62. The van der Waals surface area contributed by atoms with Crippen LogP contribution in [0.2, 0.25) is 0 Å². The van der Waals surface area contributed by atoms with E-state index < -0.39 is 0 Å². The molecule has 1 atom stereocenters. The van der Waals surface area contributed by atoms with Crippen LogP contribution in [0.3, 0.4) is 0 Å². The molecule has 1 aromatic heterocycles. The Labute approximate surface area is 145 Å². The SMILES string of the molecule is N#Cc1c(N2CCCC(NCl)C2)cc(-c2ccccc2O)nc1N. The van der Waals surface area contributed by atoms with E-state index in [0.717, 1.165) is 25.1 Å². The summed E-state index contributed by atoms with van der Waals surface area (Å²) in [5, 5.41) is 19.6. The van der Waals surface area contributed by atoms with Gasteiger partial charge in [-0.1, -0.05) is 12.1 Å². The Bertz CT molecular complexity index is 789. The fourth-order valence-corrected chi connectivity index (χ4v) is 3.21. The van der Waals surface area contributed by atoms with Crippen molar-refractivity contribution in [1.29, 1.82) is 5.26 Å². The first kappa shape index (κ1) is 16.4. The topological polar surface area (TPSA) is 98.2 Å². The number of benzene rings is 1. The summed E-state index contributed by atoms with van der Waals surface area (Å²) in [6, 6.07) is 11.0. The molecule has 1 aliphatic heterocycles. The summed E-state index contributed by atoms with van der Waals surface area (Å²) < 4.78 is 0. The molecule has 2 aromatic rings. The fourth-order valence-electron chi connectivity index (χ4n) is 3.03. The molecule has 7 heteroatoms. The van der Waals surface area contributed by atoms with E-state index in [2.05, 4.69) is 20.8 Å². The summed E-state index contributed by atoms with van der Waals surface area (Å²) >= 11 is 5.77. The lowest BCUT2D eigenvalue weighted by molar-refractivity contribution is 0.477. The van der Waals surface area contributed by atoms with E-state index in [9.17, 15) is 10.4 Å². The van der Waals surface area contributed by atoms with E-state index >= 15 is 0 Å². The fraction of sp³-hybridized carbons (Fsp3) is 0.294. The standard InChI is InChI=1S/C17H18ClN5O/c18-22-11-4-3-7-23(10-11)15-8-14(21-17(20)13(15)9-19)12-5-1-2-6-16(12)24/h1-2,5-6,8,11,22,24H,3-4,7,10H2,(H2,20,21). The average Bonchev–Trinajstić information content (AvgIpc) is 2.61. The normalized spacial score (nSPS) is 17.5. The van der Waals surface area contributed by atoms with Gasteiger partial charge >= 0.3 is 0 Å². The van der Waals surface area contributed by atoms with Gasteiger partial charge in [0.2, 0.25) is 0 Å². The molecule has 0 saturated carbocycles. The number of nitriles is 1. The summed E-state index contributed by atoms with van der Waals surface area (Å²) in [5.74, 6) is 0.285. The lowest BCUT2D eigenvalue weighted by atomic mass is 10.0. The first-order valence-electron chi connectivity index (χ1n) is 7.74. The van der Waals surface area contributed by atoms with Gasteiger partial charge in [-0.15, -0.1) is 0 Å². The summed E-state index contributed by atoms with van der Waals surface area (Å²) in [7, 11) is 0. The number of para-hydroxylation sites is 1. The maximum atomic E-state index is 10.1. The Morgan fingerprint density at radius 2 is 2.21 bits per heavy atom. The second-order valence-corrected chi connectivity index (χ2v) is 6.03. The van der Waals surface area contributed by atoms with Crippen LogP contribution in [0.5, 0.6) is 5.75 Å². The largest absolute Gasteiger partial charge is 0.507 e. The van der Waals surface area contributed by atoms with E-state index in [0.29, 0.717) is 23.4 Å². The van der Waals surface area contributed by atoms with Crippen LogP contribution in [-0.4, -0.2) is 29.2 Å². The lowest BCUT2D eigenvalue weighted by Gasteiger charge is -2.34. The zero-order valence-corrected chi connectivity index (χ0v) is 13.8. The quantitative estimate of drug-likeness (QED) is 0.741. The van der Waals surface area contributed by atoms with Gasteiger partial charge in [0.15, 0.2) is 0 Å². The highest BCUT2D eigenvalue weighted by atomic mass is 35.5. The number of rotatable bonds is 3. The molecular weight excluding hydrogens is 326 g/mol.